The van der Waals surface area contributed by atoms with E-state index in [2.05, 4.69) is 6.92 Å². The lowest BCUT2D eigenvalue weighted by molar-refractivity contribution is -0.133. The molecule has 0 aromatic rings. The van der Waals surface area contributed by atoms with Crippen molar-refractivity contribution < 1.29 is 9.90 Å². The second kappa shape index (κ2) is 7.95. The number of carbonyl (C=O) groups is 1. The monoisotopic (exact) mass is 317 g/mol. The summed E-state index contributed by atoms with van der Waals surface area (Å²) in [7, 11) is 4.02. The van der Waals surface area contributed by atoms with Crippen LogP contribution in [0.15, 0.2) is 0 Å². The Morgan fingerprint density at radius 1 is 1.35 bits per heavy atom. The fourth-order valence-corrected chi connectivity index (χ4v) is 5.85. The second-order valence-corrected chi connectivity index (χ2v) is 9.21. The summed E-state index contributed by atoms with van der Waals surface area (Å²) in [5.41, 5.74) is 0.0359. The number of amides is 1. The predicted molar refractivity (Wildman–Crippen MR) is 87.9 cm³/mol. The number of piperidine rings is 1. The normalized spacial score (nSPS) is 25.9. The number of aliphatic hydroxyl groups is 1. The van der Waals surface area contributed by atoms with E-state index >= 15 is 0 Å². The lowest BCUT2D eigenvalue weighted by Gasteiger charge is -2.38. The molecule has 0 saturated carbocycles. The van der Waals surface area contributed by atoms with Gasteiger partial charge in [0.25, 0.3) is 0 Å². The highest BCUT2D eigenvalue weighted by Gasteiger charge is 2.30. The SMILES string of the molecule is CC1(CO)CCN(C(=O)CCCC[C@@H]2CCSS2)CC1. The molecule has 0 aromatic carbocycles. The number of unbranched alkanes of at least 4 members (excludes halogenated alkanes) is 1. The molecule has 20 heavy (non-hydrogen) atoms. The van der Waals surface area contributed by atoms with Crippen LogP contribution in [0.4, 0.5) is 0 Å². The predicted octanol–water partition coefficient (Wildman–Crippen LogP) is 3.32. The minimum absolute atomic E-state index is 0.0359. The highest BCUT2D eigenvalue weighted by atomic mass is 33.1. The van der Waals surface area contributed by atoms with E-state index in [1.54, 1.807) is 0 Å². The topological polar surface area (TPSA) is 40.5 Å². The van der Waals surface area contributed by atoms with Gasteiger partial charge in [-0.15, -0.1) is 0 Å². The quantitative estimate of drug-likeness (QED) is 0.603. The van der Waals surface area contributed by atoms with Crippen molar-refractivity contribution in [3.63, 3.8) is 0 Å². The Balaban J connectivity index is 1.58. The molecule has 0 unspecified atom stereocenters. The molecule has 2 heterocycles. The summed E-state index contributed by atoms with van der Waals surface area (Å²) in [5, 5.41) is 10.2. The smallest absolute Gasteiger partial charge is 0.222 e. The van der Waals surface area contributed by atoms with Crippen LogP contribution in [0.1, 0.15) is 51.9 Å². The Labute approximate surface area is 130 Å². The molecule has 1 N–H and O–H groups in total. The minimum atomic E-state index is 0.0359. The first-order valence-corrected chi connectivity index (χ1v) is 10.2. The third kappa shape index (κ3) is 4.85. The number of aliphatic hydroxyl groups excluding tert-OH is 1. The largest absolute Gasteiger partial charge is 0.396 e. The Hall–Kier alpha value is 0.130. The number of rotatable bonds is 6. The van der Waals surface area contributed by atoms with Gasteiger partial charge in [0.15, 0.2) is 0 Å². The molecule has 2 fully saturated rings. The van der Waals surface area contributed by atoms with Crippen molar-refractivity contribution in [2.24, 2.45) is 5.41 Å². The average molecular weight is 318 g/mol. The highest BCUT2D eigenvalue weighted by Crippen LogP contribution is 2.40. The van der Waals surface area contributed by atoms with Crippen molar-refractivity contribution >= 4 is 27.5 Å². The molecule has 3 nitrogen and oxygen atoms in total. The summed E-state index contributed by atoms with van der Waals surface area (Å²) in [6, 6.07) is 0. The molecule has 0 bridgehead atoms. The number of carbonyl (C=O) groups excluding carboxylic acids is 1. The summed E-state index contributed by atoms with van der Waals surface area (Å²) in [6.45, 7) is 4.01. The molecule has 2 aliphatic heterocycles. The molecule has 2 aliphatic rings. The van der Waals surface area contributed by atoms with E-state index in [1.807, 2.05) is 26.5 Å². The summed E-state index contributed by atoms with van der Waals surface area (Å²) in [5.74, 6) is 1.62. The van der Waals surface area contributed by atoms with Gasteiger partial charge < -0.3 is 10.0 Å². The Bertz CT molecular complexity index is 311. The van der Waals surface area contributed by atoms with Crippen molar-refractivity contribution in [3.05, 3.63) is 0 Å². The molecule has 1 amide bonds. The number of likely N-dealkylation sites (tertiary alicyclic amines) is 1. The van der Waals surface area contributed by atoms with Crippen molar-refractivity contribution in [1.29, 1.82) is 0 Å². The molecule has 0 aromatic heterocycles. The first-order chi connectivity index (χ1) is 9.63. The van der Waals surface area contributed by atoms with Gasteiger partial charge in [0, 0.05) is 37.1 Å². The van der Waals surface area contributed by atoms with Gasteiger partial charge in [0.1, 0.15) is 0 Å². The molecular formula is C15H27NO2S2. The van der Waals surface area contributed by atoms with Crippen molar-refractivity contribution in [1.82, 2.24) is 4.90 Å². The third-order valence-corrected chi connectivity index (χ3v) is 7.61. The van der Waals surface area contributed by atoms with Crippen LogP contribution in [0.25, 0.3) is 0 Å². The zero-order chi connectivity index (χ0) is 14.4. The van der Waals surface area contributed by atoms with E-state index in [4.69, 9.17) is 0 Å². The standard InChI is InChI=1S/C15H27NO2S2/c1-15(12-17)7-9-16(10-8-15)14(18)5-3-2-4-13-6-11-19-20-13/h13,17H,2-12H2,1H3/t13-/m1/s1. The Morgan fingerprint density at radius 2 is 2.10 bits per heavy atom. The van der Waals surface area contributed by atoms with Crippen LogP contribution in [0, 0.1) is 5.41 Å². The maximum atomic E-state index is 12.1. The fourth-order valence-electron chi connectivity index (χ4n) is 2.82. The molecule has 5 heteroatoms. The third-order valence-electron chi connectivity index (χ3n) is 4.60. The molecule has 2 saturated heterocycles. The van der Waals surface area contributed by atoms with E-state index in [9.17, 15) is 9.90 Å². The van der Waals surface area contributed by atoms with Gasteiger partial charge in [-0.1, -0.05) is 34.9 Å². The van der Waals surface area contributed by atoms with Crippen molar-refractivity contribution in [3.8, 4) is 0 Å². The Morgan fingerprint density at radius 3 is 2.70 bits per heavy atom. The molecular weight excluding hydrogens is 290 g/mol. The second-order valence-electron chi connectivity index (χ2n) is 6.42. The average Bonchev–Trinajstić information content (AvgIpc) is 2.97. The molecule has 0 radical (unpaired) electrons. The first kappa shape index (κ1) is 16.5. The van der Waals surface area contributed by atoms with E-state index < -0.39 is 0 Å². The molecule has 0 spiro atoms. The van der Waals surface area contributed by atoms with E-state index in [0.29, 0.717) is 12.3 Å². The number of hydrogen-bond donors (Lipinski definition) is 1. The van der Waals surface area contributed by atoms with Crippen LogP contribution < -0.4 is 0 Å². The number of hydrogen-bond acceptors (Lipinski definition) is 4. The van der Waals surface area contributed by atoms with Crippen LogP contribution in [0.2, 0.25) is 0 Å². The minimum Gasteiger partial charge on any atom is -0.396 e. The molecule has 2 rings (SSSR count). The van der Waals surface area contributed by atoms with Gasteiger partial charge in [-0.3, -0.25) is 4.79 Å². The van der Waals surface area contributed by atoms with Gasteiger partial charge in [-0.05, 0) is 37.5 Å². The van der Waals surface area contributed by atoms with E-state index in [-0.39, 0.29) is 12.0 Å². The highest BCUT2D eigenvalue weighted by molar-refractivity contribution is 8.77. The van der Waals surface area contributed by atoms with Crippen LogP contribution in [0.5, 0.6) is 0 Å². The molecule has 116 valence electrons. The van der Waals surface area contributed by atoms with Crippen LogP contribution in [-0.4, -0.2) is 46.6 Å². The van der Waals surface area contributed by atoms with Gasteiger partial charge in [-0.2, -0.15) is 0 Å². The van der Waals surface area contributed by atoms with Gasteiger partial charge >= 0.3 is 0 Å². The van der Waals surface area contributed by atoms with Crippen LogP contribution in [0.3, 0.4) is 0 Å². The first-order valence-electron chi connectivity index (χ1n) is 7.80. The maximum absolute atomic E-state index is 12.1. The van der Waals surface area contributed by atoms with E-state index in [1.165, 1.54) is 25.0 Å². The van der Waals surface area contributed by atoms with Crippen molar-refractivity contribution in [2.45, 2.75) is 57.1 Å². The van der Waals surface area contributed by atoms with Gasteiger partial charge in [0.05, 0.1) is 0 Å². The van der Waals surface area contributed by atoms with Crippen LogP contribution >= 0.6 is 21.6 Å². The molecule has 1 atom stereocenters. The summed E-state index contributed by atoms with van der Waals surface area (Å²) < 4.78 is 0. The lowest BCUT2D eigenvalue weighted by Crippen LogP contribution is -2.43. The van der Waals surface area contributed by atoms with Gasteiger partial charge in [0.2, 0.25) is 5.91 Å². The Kier molecular flexibility index (Phi) is 6.56. The number of nitrogens with zero attached hydrogens (tertiary/aromatic N) is 1. The maximum Gasteiger partial charge on any atom is 0.222 e. The summed E-state index contributed by atoms with van der Waals surface area (Å²) in [6.07, 6.45) is 7.42. The van der Waals surface area contributed by atoms with Crippen molar-refractivity contribution in [2.75, 3.05) is 25.4 Å². The van der Waals surface area contributed by atoms with Crippen LogP contribution in [-0.2, 0) is 4.79 Å². The zero-order valence-electron chi connectivity index (χ0n) is 12.5. The summed E-state index contributed by atoms with van der Waals surface area (Å²) in [4.78, 5) is 14.1. The lowest BCUT2D eigenvalue weighted by atomic mass is 9.81. The fraction of sp³-hybridized carbons (Fsp3) is 0.933. The zero-order valence-corrected chi connectivity index (χ0v) is 14.1. The molecule has 0 aliphatic carbocycles. The summed E-state index contributed by atoms with van der Waals surface area (Å²) >= 11 is 0. The van der Waals surface area contributed by atoms with Gasteiger partial charge in [-0.25, -0.2) is 0 Å². The van der Waals surface area contributed by atoms with E-state index in [0.717, 1.165) is 37.6 Å².